The predicted molar refractivity (Wildman–Crippen MR) is 117 cm³/mol. The van der Waals surface area contributed by atoms with E-state index < -0.39 is 0 Å². The minimum Gasteiger partial charge on any atom is -0.486 e. The molecule has 2 aliphatic heterocycles. The number of rotatable bonds is 7. The molecule has 1 unspecified atom stereocenters. The molecule has 1 aromatic carbocycles. The molecule has 9 heteroatoms. The Morgan fingerprint density at radius 3 is 2.88 bits per heavy atom. The van der Waals surface area contributed by atoms with E-state index in [1.807, 2.05) is 42.3 Å². The highest BCUT2D eigenvalue weighted by Gasteiger charge is 2.33. The van der Waals surface area contributed by atoms with Crippen molar-refractivity contribution in [2.24, 2.45) is 0 Å². The first-order valence-corrected chi connectivity index (χ1v) is 10.9. The van der Waals surface area contributed by atoms with Crippen LogP contribution in [0.3, 0.4) is 0 Å². The average Bonchev–Trinajstić information content (AvgIpc) is 3.47. The highest BCUT2D eigenvalue weighted by Crippen LogP contribution is 2.32. The summed E-state index contributed by atoms with van der Waals surface area (Å²) in [5.74, 6) is 2.32. The van der Waals surface area contributed by atoms with Crippen LogP contribution in [0.4, 0.5) is 0 Å². The molecule has 4 heterocycles. The van der Waals surface area contributed by atoms with Gasteiger partial charge in [-0.25, -0.2) is 15.0 Å². The number of ether oxygens (including phenoxy) is 2. The third kappa shape index (κ3) is 4.29. The van der Waals surface area contributed by atoms with E-state index in [1.54, 1.807) is 17.1 Å². The van der Waals surface area contributed by atoms with E-state index in [4.69, 9.17) is 14.5 Å². The van der Waals surface area contributed by atoms with Crippen LogP contribution in [0.15, 0.2) is 43.0 Å². The number of amides is 1. The molecule has 2 aromatic heterocycles. The van der Waals surface area contributed by atoms with Crippen LogP contribution in [-0.2, 0) is 11.3 Å². The normalized spacial score (nSPS) is 17.7. The maximum Gasteiger partial charge on any atom is 0.235 e. The van der Waals surface area contributed by atoms with Crippen LogP contribution < -0.4 is 14.8 Å². The number of fused-ring (bicyclic) bond motifs is 1. The highest BCUT2D eigenvalue weighted by molar-refractivity contribution is 5.79. The van der Waals surface area contributed by atoms with Crippen LogP contribution >= 0.6 is 0 Å². The molecule has 0 bridgehead atoms. The molecular weight excluding hydrogens is 408 g/mol. The van der Waals surface area contributed by atoms with Gasteiger partial charge in [-0.05, 0) is 37.1 Å². The molecule has 5 rings (SSSR count). The first-order chi connectivity index (χ1) is 15.7. The number of hydrogen-bond acceptors (Lipinski definition) is 7. The molecule has 1 amide bonds. The van der Waals surface area contributed by atoms with Gasteiger partial charge in [-0.1, -0.05) is 6.07 Å². The Morgan fingerprint density at radius 2 is 2.03 bits per heavy atom. The average molecular weight is 435 g/mol. The Balaban J connectivity index is 1.22. The summed E-state index contributed by atoms with van der Waals surface area (Å²) < 4.78 is 13.0. The Bertz CT molecular complexity index is 1100. The van der Waals surface area contributed by atoms with Gasteiger partial charge in [0.2, 0.25) is 11.9 Å². The van der Waals surface area contributed by atoms with Gasteiger partial charge in [0, 0.05) is 44.1 Å². The van der Waals surface area contributed by atoms with Crippen molar-refractivity contribution in [1.29, 1.82) is 0 Å². The molecule has 2 aliphatic rings. The van der Waals surface area contributed by atoms with E-state index in [1.165, 1.54) is 0 Å². The quantitative estimate of drug-likeness (QED) is 0.570. The Hall–Kier alpha value is -3.46. The fraction of sp³-hybridized carbons (Fsp3) is 0.391. The number of likely N-dealkylation sites (tertiary alicyclic amines) is 1. The first-order valence-electron chi connectivity index (χ1n) is 10.9. The second-order valence-corrected chi connectivity index (χ2v) is 8.00. The summed E-state index contributed by atoms with van der Waals surface area (Å²) in [7, 11) is 0. The Morgan fingerprint density at radius 1 is 1.16 bits per heavy atom. The van der Waals surface area contributed by atoms with Crippen molar-refractivity contribution in [3.8, 4) is 17.4 Å². The molecule has 0 radical (unpaired) electrons. The zero-order valence-electron chi connectivity index (χ0n) is 18.0. The summed E-state index contributed by atoms with van der Waals surface area (Å²) in [6.07, 6.45) is 6.50. The number of nitrogens with one attached hydrogen (secondary N) is 1. The van der Waals surface area contributed by atoms with Crippen molar-refractivity contribution < 1.29 is 14.3 Å². The Labute approximate surface area is 186 Å². The summed E-state index contributed by atoms with van der Waals surface area (Å²) >= 11 is 0. The summed E-state index contributed by atoms with van der Waals surface area (Å²) in [6, 6.07) is 7.92. The molecule has 0 spiro atoms. The molecule has 1 fully saturated rings. The van der Waals surface area contributed by atoms with E-state index in [-0.39, 0.29) is 11.9 Å². The number of imidazole rings is 1. The van der Waals surface area contributed by atoms with Crippen LogP contribution in [0.5, 0.6) is 11.5 Å². The van der Waals surface area contributed by atoms with Crippen LogP contribution in [-0.4, -0.2) is 56.6 Å². The largest absolute Gasteiger partial charge is 0.486 e. The minimum atomic E-state index is -0.0393. The van der Waals surface area contributed by atoms with Crippen LogP contribution in [0.2, 0.25) is 0 Å². The van der Waals surface area contributed by atoms with Crippen molar-refractivity contribution in [3.05, 3.63) is 59.9 Å². The number of nitrogens with zero attached hydrogens (tertiary/aromatic N) is 5. The van der Waals surface area contributed by atoms with E-state index >= 15 is 0 Å². The number of hydrogen-bond donors (Lipinski definition) is 1. The minimum absolute atomic E-state index is 0.0393. The maximum absolute atomic E-state index is 12.6. The molecule has 9 nitrogen and oxygen atoms in total. The lowest BCUT2D eigenvalue weighted by Gasteiger charge is -2.25. The number of carbonyl (C=O) groups excluding carboxylic acids is 1. The molecular formula is C23H26N6O3. The van der Waals surface area contributed by atoms with E-state index in [2.05, 4.69) is 15.3 Å². The summed E-state index contributed by atoms with van der Waals surface area (Å²) in [5, 5.41) is 3.44. The van der Waals surface area contributed by atoms with Crippen molar-refractivity contribution in [2.75, 3.05) is 26.3 Å². The zero-order chi connectivity index (χ0) is 21.9. The SMILES string of the molecule is Cc1cc(C2CCC(=O)N2CCNCc2ccc3c(c2)OCCO3)nc(-n2ccnc2)n1. The number of carbonyl (C=O) groups is 1. The van der Waals surface area contributed by atoms with Gasteiger partial charge in [0.15, 0.2) is 11.5 Å². The molecule has 1 atom stereocenters. The van der Waals surface area contributed by atoms with Crippen molar-refractivity contribution in [3.63, 3.8) is 0 Å². The van der Waals surface area contributed by atoms with E-state index in [9.17, 15) is 4.79 Å². The number of aryl methyl sites for hydroxylation is 1. The Kier molecular flexibility index (Phi) is 5.72. The molecule has 1 saturated heterocycles. The second kappa shape index (κ2) is 8.96. The van der Waals surface area contributed by atoms with Crippen molar-refractivity contribution in [1.82, 2.24) is 29.7 Å². The van der Waals surface area contributed by atoms with Gasteiger partial charge in [0.25, 0.3) is 0 Å². The van der Waals surface area contributed by atoms with Gasteiger partial charge >= 0.3 is 0 Å². The van der Waals surface area contributed by atoms with E-state index in [0.717, 1.165) is 34.9 Å². The third-order valence-electron chi connectivity index (χ3n) is 5.73. The second-order valence-electron chi connectivity index (χ2n) is 8.00. The summed E-state index contributed by atoms with van der Waals surface area (Å²) in [4.78, 5) is 27.8. The third-order valence-corrected chi connectivity index (χ3v) is 5.73. The molecule has 32 heavy (non-hydrogen) atoms. The lowest BCUT2D eigenvalue weighted by molar-refractivity contribution is -0.129. The van der Waals surface area contributed by atoms with Crippen molar-refractivity contribution >= 4 is 5.91 Å². The predicted octanol–water partition coefficient (Wildman–Crippen LogP) is 2.20. The van der Waals surface area contributed by atoms with Gasteiger partial charge in [0.05, 0.1) is 11.7 Å². The molecule has 0 aliphatic carbocycles. The standard InChI is InChI=1S/C23H26N6O3/c1-16-12-18(27-23(26-16)28-8-6-25-15-28)19-3-5-22(30)29(19)9-7-24-14-17-2-4-20-21(13-17)32-11-10-31-20/h2,4,6,8,12-13,15,19,24H,3,5,7,9-11,14H2,1H3. The van der Waals surface area contributed by atoms with Gasteiger partial charge in [0.1, 0.15) is 19.5 Å². The smallest absolute Gasteiger partial charge is 0.235 e. The van der Waals surface area contributed by atoms with Gasteiger partial charge < -0.3 is 19.7 Å². The lowest BCUT2D eigenvalue weighted by Crippen LogP contribution is -2.35. The van der Waals surface area contributed by atoms with Crippen LogP contribution in [0.25, 0.3) is 5.95 Å². The van der Waals surface area contributed by atoms with Crippen LogP contribution in [0.1, 0.15) is 35.8 Å². The fourth-order valence-electron chi connectivity index (χ4n) is 4.19. The number of aromatic nitrogens is 4. The summed E-state index contributed by atoms with van der Waals surface area (Å²) in [6.45, 7) is 5.12. The molecule has 0 saturated carbocycles. The fourth-order valence-corrected chi connectivity index (χ4v) is 4.19. The van der Waals surface area contributed by atoms with E-state index in [0.29, 0.717) is 45.2 Å². The zero-order valence-corrected chi connectivity index (χ0v) is 18.0. The monoisotopic (exact) mass is 434 g/mol. The molecule has 1 N–H and O–H groups in total. The van der Waals surface area contributed by atoms with Gasteiger partial charge in [-0.15, -0.1) is 0 Å². The molecule has 3 aromatic rings. The van der Waals surface area contributed by atoms with Gasteiger partial charge in [-0.2, -0.15) is 0 Å². The lowest BCUT2D eigenvalue weighted by atomic mass is 10.1. The first kappa shape index (κ1) is 20.4. The van der Waals surface area contributed by atoms with Gasteiger partial charge in [-0.3, -0.25) is 9.36 Å². The number of benzene rings is 1. The van der Waals surface area contributed by atoms with Crippen LogP contribution in [0, 0.1) is 6.92 Å². The maximum atomic E-state index is 12.6. The van der Waals surface area contributed by atoms with Crippen molar-refractivity contribution in [2.45, 2.75) is 32.4 Å². The topological polar surface area (TPSA) is 94.4 Å². The highest BCUT2D eigenvalue weighted by atomic mass is 16.6. The molecule has 166 valence electrons. The summed E-state index contributed by atoms with van der Waals surface area (Å²) in [5.41, 5.74) is 2.86.